The third-order valence-electron chi connectivity index (χ3n) is 5.44. The number of morpholine rings is 1. The fourth-order valence-corrected chi connectivity index (χ4v) is 4.99. The Labute approximate surface area is 211 Å². The number of nitrogens with one attached hydrogen (secondary N) is 1. The van der Waals surface area contributed by atoms with Gasteiger partial charge in [-0.1, -0.05) is 0 Å². The van der Waals surface area contributed by atoms with Gasteiger partial charge < -0.3 is 14.8 Å². The second-order valence-corrected chi connectivity index (χ2v) is 9.79. The fraction of sp³-hybridized carbons (Fsp3) is 0.250. The zero-order valence-electron chi connectivity index (χ0n) is 19.7. The summed E-state index contributed by atoms with van der Waals surface area (Å²) in [7, 11) is -3.74. The van der Waals surface area contributed by atoms with Gasteiger partial charge in [-0.2, -0.15) is 14.1 Å². The average Bonchev–Trinajstić information content (AvgIpc) is 2.90. The number of sulfonamides is 1. The van der Waals surface area contributed by atoms with Gasteiger partial charge in [-0.3, -0.25) is 9.59 Å². The van der Waals surface area contributed by atoms with E-state index in [1.165, 1.54) is 40.7 Å². The van der Waals surface area contributed by atoms with Crippen LogP contribution in [-0.4, -0.2) is 67.3 Å². The standard InChI is InChI=1S/C24H23FN4O7S/c1-2-36-24(32)22-20(15-21(30)29(27-22)18-7-5-17(25)6-8-18)26-23(31)16-3-9-19(10-4-16)37(33,34)28-11-13-35-14-12-28/h3-10,15H,2,11-14H2,1H3,(H,26,31). The number of nitrogens with zero attached hydrogens (tertiary/aromatic N) is 3. The molecule has 4 rings (SSSR count). The van der Waals surface area contributed by atoms with E-state index in [2.05, 4.69) is 10.4 Å². The molecule has 0 unspecified atom stereocenters. The maximum Gasteiger partial charge on any atom is 0.360 e. The third-order valence-corrected chi connectivity index (χ3v) is 7.36. The maximum absolute atomic E-state index is 13.3. The summed E-state index contributed by atoms with van der Waals surface area (Å²) in [5.74, 6) is -2.11. The lowest BCUT2D eigenvalue weighted by molar-refractivity contribution is 0.0518. The van der Waals surface area contributed by atoms with Crippen LogP contribution in [0.1, 0.15) is 27.8 Å². The van der Waals surface area contributed by atoms with E-state index in [0.29, 0.717) is 13.2 Å². The summed E-state index contributed by atoms with van der Waals surface area (Å²) in [6.07, 6.45) is 0. The zero-order valence-corrected chi connectivity index (χ0v) is 20.5. The zero-order chi connectivity index (χ0) is 26.6. The van der Waals surface area contributed by atoms with Crippen LogP contribution in [0, 0.1) is 5.82 Å². The summed E-state index contributed by atoms with van der Waals surface area (Å²) in [6, 6.07) is 11.1. The number of carbonyl (C=O) groups is 2. The van der Waals surface area contributed by atoms with Crippen molar-refractivity contribution in [3.63, 3.8) is 0 Å². The molecule has 2 heterocycles. The number of anilines is 1. The molecule has 0 saturated carbocycles. The molecule has 0 atom stereocenters. The van der Waals surface area contributed by atoms with Crippen molar-refractivity contribution < 1.29 is 31.9 Å². The van der Waals surface area contributed by atoms with Crippen LogP contribution in [0.2, 0.25) is 0 Å². The molecular formula is C24H23FN4O7S. The SMILES string of the molecule is CCOC(=O)c1nn(-c2ccc(F)cc2)c(=O)cc1NC(=O)c1ccc(S(=O)(=O)N2CCOCC2)cc1. The van der Waals surface area contributed by atoms with Gasteiger partial charge in [-0.05, 0) is 55.5 Å². The van der Waals surface area contributed by atoms with Crippen molar-refractivity contribution in [1.82, 2.24) is 14.1 Å². The van der Waals surface area contributed by atoms with Crippen molar-refractivity contribution in [1.29, 1.82) is 0 Å². The van der Waals surface area contributed by atoms with Gasteiger partial charge in [-0.15, -0.1) is 0 Å². The maximum atomic E-state index is 13.3. The summed E-state index contributed by atoms with van der Waals surface area (Å²) in [5.41, 5.74) is -0.949. The predicted molar refractivity (Wildman–Crippen MR) is 130 cm³/mol. The molecule has 1 aliphatic rings. The van der Waals surface area contributed by atoms with Crippen LogP contribution in [0.5, 0.6) is 0 Å². The van der Waals surface area contributed by atoms with Gasteiger partial charge in [0, 0.05) is 24.7 Å². The molecule has 3 aromatic rings. The van der Waals surface area contributed by atoms with Gasteiger partial charge in [0.15, 0.2) is 5.69 Å². The van der Waals surface area contributed by atoms with Crippen LogP contribution in [0.25, 0.3) is 5.69 Å². The minimum absolute atomic E-state index is 0.0155. The van der Waals surface area contributed by atoms with E-state index < -0.39 is 33.3 Å². The van der Waals surface area contributed by atoms with Crippen LogP contribution in [0.4, 0.5) is 10.1 Å². The fourth-order valence-electron chi connectivity index (χ4n) is 3.58. The molecule has 194 valence electrons. The normalized spacial score (nSPS) is 14.2. The summed E-state index contributed by atoms with van der Waals surface area (Å²) in [6.45, 7) is 2.67. The van der Waals surface area contributed by atoms with Crippen LogP contribution in [0.15, 0.2) is 64.3 Å². The molecule has 1 saturated heterocycles. The lowest BCUT2D eigenvalue weighted by atomic mass is 10.2. The second-order valence-electron chi connectivity index (χ2n) is 7.85. The molecule has 0 spiro atoms. The van der Waals surface area contributed by atoms with Crippen molar-refractivity contribution in [3.05, 3.63) is 82.0 Å². The Kier molecular flexibility index (Phi) is 7.76. The highest BCUT2D eigenvalue weighted by atomic mass is 32.2. The number of amides is 1. The minimum Gasteiger partial charge on any atom is -0.461 e. The number of rotatable bonds is 7. The van der Waals surface area contributed by atoms with E-state index in [1.54, 1.807) is 6.92 Å². The minimum atomic E-state index is -3.74. The van der Waals surface area contributed by atoms with Crippen molar-refractivity contribution in [3.8, 4) is 5.69 Å². The third kappa shape index (κ3) is 5.74. The summed E-state index contributed by atoms with van der Waals surface area (Å²) >= 11 is 0. The molecule has 0 radical (unpaired) electrons. The molecule has 0 aliphatic carbocycles. The number of benzene rings is 2. The van der Waals surface area contributed by atoms with Crippen molar-refractivity contribution in [2.75, 3.05) is 38.2 Å². The molecule has 37 heavy (non-hydrogen) atoms. The molecule has 1 aromatic heterocycles. The number of aromatic nitrogens is 2. The van der Waals surface area contributed by atoms with Gasteiger partial charge in [0.1, 0.15) is 5.82 Å². The Morgan fingerprint density at radius 2 is 1.73 bits per heavy atom. The first kappa shape index (κ1) is 26.1. The van der Waals surface area contributed by atoms with Gasteiger partial charge in [-0.25, -0.2) is 17.6 Å². The van der Waals surface area contributed by atoms with Crippen molar-refractivity contribution in [2.24, 2.45) is 0 Å². The van der Waals surface area contributed by atoms with Gasteiger partial charge in [0.25, 0.3) is 11.5 Å². The number of esters is 1. The topological polar surface area (TPSA) is 137 Å². The van der Waals surface area contributed by atoms with E-state index in [4.69, 9.17) is 9.47 Å². The Morgan fingerprint density at radius 1 is 1.08 bits per heavy atom. The Balaban J connectivity index is 1.61. The van der Waals surface area contributed by atoms with E-state index in [0.717, 1.165) is 22.9 Å². The van der Waals surface area contributed by atoms with Crippen LogP contribution in [0.3, 0.4) is 0 Å². The summed E-state index contributed by atoms with van der Waals surface area (Å²) in [4.78, 5) is 38.2. The molecular weight excluding hydrogens is 507 g/mol. The lowest BCUT2D eigenvalue weighted by Crippen LogP contribution is -2.40. The molecule has 2 aromatic carbocycles. The average molecular weight is 531 g/mol. The largest absolute Gasteiger partial charge is 0.461 e. The van der Waals surface area contributed by atoms with Crippen molar-refractivity contribution >= 4 is 27.6 Å². The number of carbonyl (C=O) groups excluding carboxylic acids is 2. The Hall–Kier alpha value is -3.94. The molecule has 1 N–H and O–H groups in total. The van der Waals surface area contributed by atoms with E-state index in [1.807, 2.05) is 0 Å². The molecule has 11 nitrogen and oxygen atoms in total. The highest BCUT2D eigenvalue weighted by Gasteiger charge is 2.27. The molecule has 1 fully saturated rings. The highest BCUT2D eigenvalue weighted by Crippen LogP contribution is 2.19. The van der Waals surface area contributed by atoms with Crippen molar-refractivity contribution in [2.45, 2.75) is 11.8 Å². The Morgan fingerprint density at radius 3 is 2.35 bits per heavy atom. The second kappa shape index (κ2) is 11.0. The van der Waals surface area contributed by atoms with Gasteiger partial charge in [0.05, 0.1) is 36.1 Å². The first-order valence-electron chi connectivity index (χ1n) is 11.3. The van der Waals surface area contributed by atoms with E-state index >= 15 is 0 Å². The summed E-state index contributed by atoms with van der Waals surface area (Å²) in [5, 5.41) is 6.50. The molecule has 1 amide bonds. The Bertz CT molecular complexity index is 1470. The van der Waals surface area contributed by atoms with Gasteiger partial charge >= 0.3 is 5.97 Å². The van der Waals surface area contributed by atoms with Gasteiger partial charge in [0.2, 0.25) is 10.0 Å². The smallest absolute Gasteiger partial charge is 0.360 e. The quantitative estimate of drug-likeness (QED) is 0.457. The molecule has 0 bridgehead atoms. The first-order valence-corrected chi connectivity index (χ1v) is 12.7. The monoisotopic (exact) mass is 530 g/mol. The highest BCUT2D eigenvalue weighted by molar-refractivity contribution is 7.89. The van der Waals surface area contributed by atoms with Crippen LogP contribution >= 0.6 is 0 Å². The van der Waals surface area contributed by atoms with Crippen LogP contribution in [-0.2, 0) is 19.5 Å². The predicted octanol–water partition coefficient (Wildman–Crippen LogP) is 1.82. The first-order chi connectivity index (χ1) is 17.7. The number of hydrogen-bond acceptors (Lipinski definition) is 8. The van der Waals surface area contributed by atoms with E-state index in [-0.39, 0.29) is 47.2 Å². The number of halogens is 1. The summed E-state index contributed by atoms with van der Waals surface area (Å²) < 4.78 is 51.3. The number of hydrogen-bond donors (Lipinski definition) is 1. The van der Waals surface area contributed by atoms with Crippen LogP contribution < -0.4 is 10.9 Å². The number of ether oxygens (including phenoxy) is 2. The van der Waals surface area contributed by atoms with E-state index in [9.17, 15) is 27.2 Å². The molecule has 1 aliphatic heterocycles. The molecule has 13 heteroatoms. The lowest BCUT2D eigenvalue weighted by Gasteiger charge is -2.26.